The fourth-order valence-corrected chi connectivity index (χ4v) is 3.11. The highest BCUT2D eigenvalue weighted by Crippen LogP contribution is 2.18. The van der Waals surface area contributed by atoms with Gasteiger partial charge in [-0.25, -0.2) is 4.79 Å². The Morgan fingerprint density at radius 3 is 2.57 bits per heavy atom. The molecule has 28 heavy (non-hydrogen) atoms. The third-order valence-electron chi connectivity index (χ3n) is 4.85. The standard InChI is InChI=1S/C21H23N3O4/c1-14-7-10-24(11-8-14)20(26)18-13-15(6-9-22-18)19(25)23-17-5-3-4-16(12-17)21(27)28-2/h3-6,9,12-14H,7-8,10-11H2,1-2H3,(H,23,25). The monoisotopic (exact) mass is 381 g/mol. The van der Waals surface area contributed by atoms with E-state index in [-0.39, 0.29) is 17.5 Å². The van der Waals surface area contributed by atoms with Crippen molar-refractivity contribution in [3.05, 3.63) is 59.4 Å². The maximum Gasteiger partial charge on any atom is 0.337 e. The molecule has 7 heteroatoms. The van der Waals surface area contributed by atoms with Gasteiger partial charge in [-0.05, 0) is 49.1 Å². The fraction of sp³-hybridized carbons (Fsp3) is 0.333. The van der Waals surface area contributed by atoms with Gasteiger partial charge in [0.2, 0.25) is 0 Å². The second-order valence-electron chi connectivity index (χ2n) is 6.93. The lowest BCUT2D eigenvalue weighted by atomic mass is 9.99. The number of piperidine rings is 1. The molecule has 146 valence electrons. The number of carbonyl (C=O) groups excluding carboxylic acids is 3. The first-order valence-electron chi connectivity index (χ1n) is 9.23. The summed E-state index contributed by atoms with van der Waals surface area (Å²) in [5.74, 6) is -0.404. The average molecular weight is 381 g/mol. The quantitative estimate of drug-likeness (QED) is 0.823. The van der Waals surface area contributed by atoms with Crippen molar-refractivity contribution in [2.45, 2.75) is 19.8 Å². The van der Waals surface area contributed by atoms with Gasteiger partial charge in [0.05, 0.1) is 12.7 Å². The first-order chi connectivity index (χ1) is 13.5. The van der Waals surface area contributed by atoms with Gasteiger partial charge in [-0.3, -0.25) is 14.6 Å². The summed E-state index contributed by atoms with van der Waals surface area (Å²) in [5.41, 5.74) is 1.38. The highest BCUT2D eigenvalue weighted by molar-refractivity contribution is 6.06. The molecule has 0 aliphatic carbocycles. The van der Waals surface area contributed by atoms with Gasteiger partial charge in [0.1, 0.15) is 5.69 Å². The minimum atomic E-state index is -0.483. The number of esters is 1. The summed E-state index contributed by atoms with van der Waals surface area (Å²) in [6.45, 7) is 3.59. The Kier molecular flexibility index (Phi) is 6.03. The van der Waals surface area contributed by atoms with Gasteiger partial charge in [-0.1, -0.05) is 13.0 Å². The number of anilines is 1. The molecule has 1 fully saturated rings. The number of benzene rings is 1. The molecule has 1 aromatic carbocycles. The van der Waals surface area contributed by atoms with Crippen LogP contribution in [-0.2, 0) is 4.74 Å². The summed E-state index contributed by atoms with van der Waals surface area (Å²) in [7, 11) is 1.30. The summed E-state index contributed by atoms with van der Waals surface area (Å²) in [6.07, 6.45) is 3.41. The number of hydrogen-bond acceptors (Lipinski definition) is 5. The van der Waals surface area contributed by atoms with Crippen molar-refractivity contribution in [2.75, 3.05) is 25.5 Å². The van der Waals surface area contributed by atoms with Gasteiger partial charge in [0.25, 0.3) is 11.8 Å². The van der Waals surface area contributed by atoms with Crippen molar-refractivity contribution in [2.24, 2.45) is 5.92 Å². The number of pyridine rings is 1. The van der Waals surface area contributed by atoms with Crippen LogP contribution in [0.3, 0.4) is 0 Å². The van der Waals surface area contributed by atoms with Crippen LogP contribution in [-0.4, -0.2) is 47.9 Å². The van der Waals surface area contributed by atoms with Crippen molar-refractivity contribution < 1.29 is 19.1 Å². The zero-order valence-electron chi connectivity index (χ0n) is 16.0. The Labute approximate surface area is 163 Å². The van der Waals surface area contributed by atoms with Crippen molar-refractivity contribution in [1.29, 1.82) is 0 Å². The fourth-order valence-electron chi connectivity index (χ4n) is 3.11. The molecule has 2 aromatic rings. The van der Waals surface area contributed by atoms with Gasteiger partial charge in [0, 0.05) is 30.5 Å². The third-order valence-corrected chi connectivity index (χ3v) is 4.85. The van der Waals surface area contributed by atoms with Crippen molar-refractivity contribution in [3.63, 3.8) is 0 Å². The van der Waals surface area contributed by atoms with Gasteiger partial charge in [0.15, 0.2) is 0 Å². The molecule has 0 saturated carbocycles. The molecule has 2 heterocycles. The third kappa shape index (κ3) is 4.54. The van der Waals surface area contributed by atoms with Gasteiger partial charge >= 0.3 is 5.97 Å². The van der Waals surface area contributed by atoms with E-state index >= 15 is 0 Å². The molecule has 1 aliphatic heterocycles. The predicted octanol–water partition coefficient (Wildman–Crippen LogP) is 2.99. The van der Waals surface area contributed by atoms with E-state index in [1.807, 2.05) is 0 Å². The molecule has 0 bridgehead atoms. The number of carbonyl (C=O) groups is 3. The second-order valence-corrected chi connectivity index (χ2v) is 6.93. The van der Waals surface area contributed by atoms with E-state index in [9.17, 15) is 14.4 Å². The molecule has 0 atom stereocenters. The summed E-state index contributed by atoms with van der Waals surface area (Å²) in [6, 6.07) is 9.51. The largest absolute Gasteiger partial charge is 0.465 e. The van der Waals surface area contributed by atoms with Crippen molar-refractivity contribution in [1.82, 2.24) is 9.88 Å². The smallest absolute Gasteiger partial charge is 0.337 e. The molecular formula is C21H23N3O4. The zero-order chi connectivity index (χ0) is 20.1. The van der Waals surface area contributed by atoms with Crippen LogP contribution in [0.4, 0.5) is 5.69 Å². The lowest BCUT2D eigenvalue weighted by molar-refractivity contribution is 0.0600. The van der Waals surface area contributed by atoms with Crippen LogP contribution >= 0.6 is 0 Å². The van der Waals surface area contributed by atoms with E-state index in [2.05, 4.69) is 22.0 Å². The molecule has 2 amide bonds. The number of amides is 2. The molecule has 0 spiro atoms. The van der Waals surface area contributed by atoms with E-state index in [1.165, 1.54) is 25.4 Å². The SMILES string of the molecule is COC(=O)c1cccc(NC(=O)c2ccnc(C(=O)N3CCC(C)CC3)c2)c1. The molecule has 1 aromatic heterocycles. The molecule has 1 N–H and O–H groups in total. The second kappa shape index (κ2) is 8.65. The van der Waals surface area contributed by atoms with Gasteiger partial charge in [-0.15, -0.1) is 0 Å². The van der Waals surface area contributed by atoms with E-state index in [0.29, 0.717) is 35.8 Å². The highest BCUT2D eigenvalue weighted by Gasteiger charge is 2.23. The summed E-state index contributed by atoms with van der Waals surface area (Å²) >= 11 is 0. The molecule has 1 saturated heterocycles. The Balaban J connectivity index is 1.72. The van der Waals surface area contributed by atoms with Crippen LogP contribution in [0.15, 0.2) is 42.6 Å². The first kappa shape index (κ1) is 19.5. The topological polar surface area (TPSA) is 88.6 Å². The van der Waals surface area contributed by atoms with E-state index in [0.717, 1.165) is 12.8 Å². The Bertz CT molecular complexity index is 889. The normalized spacial score (nSPS) is 14.4. The van der Waals surface area contributed by atoms with Crippen LogP contribution in [0, 0.1) is 5.92 Å². The van der Waals surface area contributed by atoms with Crippen LogP contribution in [0.5, 0.6) is 0 Å². The maximum absolute atomic E-state index is 12.7. The zero-order valence-corrected chi connectivity index (χ0v) is 16.0. The Morgan fingerprint density at radius 2 is 1.86 bits per heavy atom. The van der Waals surface area contributed by atoms with Gasteiger partial charge < -0.3 is 15.0 Å². The van der Waals surface area contributed by atoms with E-state index < -0.39 is 5.97 Å². The lowest BCUT2D eigenvalue weighted by Gasteiger charge is -2.30. The molecule has 0 unspecified atom stereocenters. The molecule has 3 rings (SSSR count). The predicted molar refractivity (Wildman–Crippen MR) is 104 cm³/mol. The number of rotatable bonds is 4. The summed E-state index contributed by atoms with van der Waals surface area (Å²) in [4.78, 5) is 42.8. The number of nitrogens with zero attached hydrogens (tertiary/aromatic N) is 2. The number of ether oxygens (including phenoxy) is 1. The van der Waals surface area contributed by atoms with E-state index in [1.54, 1.807) is 29.2 Å². The van der Waals surface area contributed by atoms with E-state index in [4.69, 9.17) is 0 Å². The Morgan fingerprint density at radius 1 is 1.11 bits per heavy atom. The summed E-state index contributed by atoms with van der Waals surface area (Å²) < 4.78 is 4.69. The number of nitrogens with one attached hydrogen (secondary N) is 1. The molecule has 1 aliphatic rings. The number of methoxy groups -OCH3 is 1. The van der Waals surface area contributed by atoms with Crippen molar-refractivity contribution in [3.8, 4) is 0 Å². The van der Waals surface area contributed by atoms with Gasteiger partial charge in [-0.2, -0.15) is 0 Å². The van der Waals surface area contributed by atoms with Crippen LogP contribution < -0.4 is 5.32 Å². The van der Waals surface area contributed by atoms with Crippen LogP contribution in [0.2, 0.25) is 0 Å². The summed E-state index contributed by atoms with van der Waals surface area (Å²) in [5, 5.41) is 2.73. The number of hydrogen-bond donors (Lipinski definition) is 1. The van der Waals surface area contributed by atoms with Crippen molar-refractivity contribution >= 4 is 23.5 Å². The van der Waals surface area contributed by atoms with Crippen LogP contribution in [0.25, 0.3) is 0 Å². The molecule has 0 radical (unpaired) electrons. The number of likely N-dealkylation sites (tertiary alicyclic amines) is 1. The number of aromatic nitrogens is 1. The van der Waals surface area contributed by atoms with Crippen LogP contribution in [0.1, 0.15) is 51.0 Å². The first-order valence-corrected chi connectivity index (χ1v) is 9.23. The molecule has 7 nitrogen and oxygen atoms in total. The minimum Gasteiger partial charge on any atom is -0.465 e. The molecular weight excluding hydrogens is 358 g/mol. The highest BCUT2D eigenvalue weighted by atomic mass is 16.5. The Hall–Kier alpha value is -3.22. The lowest BCUT2D eigenvalue weighted by Crippen LogP contribution is -2.38. The minimum absolute atomic E-state index is 0.158. The average Bonchev–Trinajstić information content (AvgIpc) is 2.73. The maximum atomic E-state index is 12.7.